The first-order valence-corrected chi connectivity index (χ1v) is 7.91. The fraction of sp³-hybridized carbons (Fsp3) is 0.857. The van der Waals surface area contributed by atoms with Crippen LogP contribution < -0.4 is 11.0 Å². The Hall–Kier alpha value is -0.860. The van der Waals surface area contributed by atoms with Crippen LogP contribution in [0.25, 0.3) is 0 Å². The number of ether oxygens (including phenoxy) is 3. The van der Waals surface area contributed by atoms with Gasteiger partial charge in [0, 0.05) is 38.3 Å². The molecule has 3 fully saturated rings. The number of rotatable bonds is 2. The first kappa shape index (κ1) is 13.8. The Morgan fingerprint density at radius 2 is 1.62 bits per heavy atom. The maximum absolute atomic E-state index is 5.89. The summed E-state index contributed by atoms with van der Waals surface area (Å²) in [5.74, 6) is -0.327. The van der Waals surface area contributed by atoms with Gasteiger partial charge in [0.05, 0.1) is 26.4 Å². The van der Waals surface area contributed by atoms with Gasteiger partial charge in [-0.2, -0.15) is 0 Å². The van der Waals surface area contributed by atoms with Gasteiger partial charge >= 0.3 is 0 Å². The van der Waals surface area contributed by atoms with Gasteiger partial charge in [0.15, 0.2) is 5.79 Å². The largest absolute Gasteiger partial charge is 0.379 e. The van der Waals surface area contributed by atoms with Crippen LogP contribution in [0.5, 0.6) is 0 Å². The molecule has 4 aliphatic rings. The van der Waals surface area contributed by atoms with E-state index in [2.05, 4.69) is 27.1 Å². The molecular formula is C14H24N4O3. The molecule has 0 radical (unpaired) electrons. The average molecular weight is 296 g/mol. The van der Waals surface area contributed by atoms with Gasteiger partial charge < -0.3 is 19.6 Å². The fourth-order valence-electron chi connectivity index (χ4n) is 4.00. The van der Waals surface area contributed by atoms with Crippen molar-refractivity contribution in [2.24, 2.45) is 0 Å². The standard InChI is InChI=1S/C14H24N4O3/c1-3-14(20-11-12-21-14)4-2-13(1,18-6-5-15-16-18)17-7-9-19-10-8-17/h5-6,15-16H,1-4,7-12H2. The number of hydrogen-bond acceptors (Lipinski definition) is 7. The first-order valence-electron chi connectivity index (χ1n) is 7.91. The van der Waals surface area contributed by atoms with Crippen LogP contribution in [-0.4, -0.2) is 60.9 Å². The predicted octanol–water partition coefficient (Wildman–Crippen LogP) is 0.128. The normalized spacial score (nSPS) is 31.7. The van der Waals surface area contributed by atoms with E-state index in [-0.39, 0.29) is 11.4 Å². The lowest BCUT2D eigenvalue weighted by Crippen LogP contribution is -2.67. The topological polar surface area (TPSA) is 58.2 Å². The molecule has 0 aromatic heterocycles. The molecule has 0 unspecified atom stereocenters. The van der Waals surface area contributed by atoms with E-state index in [1.54, 1.807) is 0 Å². The molecule has 1 saturated carbocycles. The second-order valence-corrected chi connectivity index (χ2v) is 6.13. The van der Waals surface area contributed by atoms with Crippen molar-refractivity contribution in [2.75, 3.05) is 39.5 Å². The van der Waals surface area contributed by atoms with E-state index in [1.807, 2.05) is 6.20 Å². The zero-order valence-corrected chi connectivity index (χ0v) is 12.3. The highest BCUT2D eigenvalue weighted by molar-refractivity contribution is 5.02. The molecule has 7 heteroatoms. The van der Waals surface area contributed by atoms with Crippen molar-refractivity contribution in [1.29, 1.82) is 0 Å². The smallest absolute Gasteiger partial charge is 0.168 e. The molecule has 118 valence electrons. The zero-order valence-electron chi connectivity index (χ0n) is 12.3. The molecule has 2 N–H and O–H groups in total. The van der Waals surface area contributed by atoms with E-state index in [4.69, 9.17) is 14.2 Å². The Morgan fingerprint density at radius 1 is 0.905 bits per heavy atom. The van der Waals surface area contributed by atoms with Crippen LogP contribution >= 0.6 is 0 Å². The molecule has 0 bridgehead atoms. The Labute approximate surface area is 125 Å². The lowest BCUT2D eigenvalue weighted by atomic mass is 9.82. The summed E-state index contributed by atoms with van der Waals surface area (Å²) >= 11 is 0. The number of morpholine rings is 1. The minimum Gasteiger partial charge on any atom is -0.379 e. The molecule has 2 saturated heterocycles. The molecule has 3 heterocycles. The molecular weight excluding hydrogens is 272 g/mol. The minimum absolute atomic E-state index is 0.0235. The first-order chi connectivity index (χ1) is 10.3. The van der Waals surface area contributed by atoms with Gasteiger partial charge in [0.25, 0.3) is 0 Å². The highest BCUT2D eigenvalue weighted by atomic mass is 16.7. The lowest BCUT2D eigenvalue weighted by molar-refractivity contribution is -0.219. The molecule has 1 aliphatic carbocycles. The van der Waals surface area contributed by atoms with Gasteiger partial charge in [-0.05, 0) is 12.8 Å². The van der Waals surface area contributed by atoms with Crippen molar-refractivity contribution < 1.29 is 14.2 Å². The zero-order chi connectivity index (χ0) is 14.2. The van der Waals surface area contributed by atoms with Crippen LogP contribution in [0.4, 0.5) is 0 Å². The lowest BCUT2D eigenvalue weighted by Gasteiger charge is -2.54. The molecule has 0 amide bonds. The molecule has 3 aliphatic heterocycles. The quantitative estimate of drug-likeness (QED) is 0.751. The van der Waals surface area contributed by atoms with Gasteiger partial charge in [-0.25, -0.2) is 0 Å². The average Bonchev–Trinajstić information content (AvgIpc) is 3.22. The van der Waals surface area contributed by atoms with Crippen LogP contribution in [0.3, 0.4) is 0 Å². The third-order valence-electron chi connectivity index (χ3n) is 5.17. The molecule has 0 aromatic rings. The summed E-state index contributed by atoms with van der Waals surface area (Å²) in [6.07, 6.45) is 7.95. The van der Waals surface area contributed by atoms with Crippen LogP contribution in [0.15, 0.2) is 12.4 Å². The van der Waals surface area contributed by atoms with E-state index in [1.165, 1.54) is 0 Å². The van der Waals surface area contributed by atoms with Crippen LogP contribution in [0, 0.1) is 0 Å². The number of hydrogen-bond donors (Lipinski definition) is 2. The van der Waals surface area contributed by atoms with E-state index in [9.17, 15) is 0 Å². The van der Waals surface area contributed by atoms with Gasteiger partial charge in [-0.1, -0.05) is 0 Å². The SMILES string of the molecule is C1=CN(C2(N3CCOCC3)CCC3(CC2)OCCO3)NN1. The van der Waals surface area contributed by atoms with Gasteiger partial charge in [-0.3, -0.25) is 9.91 Å². The summed E-state index contributed by atoms with van der Waals surface area (Å²) in [6.45, 7) is 5.03. The highest BCUT2D eigenvalue weighted by Gasteiger charge is 2.51. The van der Waals surface area contributed by atoms with Crippen molar-refractivity contribution in [3.8, 4) is 0 Å². The monoisotopic (exact) mass is 296 g/mol. The van der Waals surface area contributed by atoms with Crippen molar-refractivity contribution in [3.05, 3.63) is 12.4 Å². The summed E-state index contributed by atoms with van der Waals surface area (Å²) in [4.78, 5) is 2.54. The maximum Gasteiger partial charge on any atom is 0.168 e. The van der Waals surface area contributed by atoms with E-state index in [0.717, 1.165) is 65.2 Å². The summed E-state index contributed by atoms with van der Waals surface area (Å²) < 4.78 is 17.3. The van der Waals surface area contributed by atoms with Crippen molar-refractivity contribution in [1.82, 2.24) is 20.9 Å². The highest BCUT2D eigenvalue weighted by Crippen LogP contribution is 2.44. The molecule has 21 heavy (non-hydrogen) atoms. The van der Waals surface area contributed by atoms with Crippen molar-refractivity contribution >= 4 is 0 Å². The Bertz CT molecular complexity index is 395. The molecule has 0 aromatic carbocycles. The second kappa shape index (κ2) is 5.40. The predicted molar refractivity (Wildman–Crippen MR) is 75.5 cm³/mol. The van der Waals surface area contributed by atoms with Gasteiger partial charge in [-0.15, -0.1) is 5.53 Å². The van der Waals surface area contributed by atoms with Crippen molar-refractivity contribution in [3.63, 3.8) is 0 Å². The fourth-order valence-corrected chi connectivity index (χ4v) is 4.00. The van der Waals surface area contributed by atoms with E-state index < -0.39 is 0 Å². The summed E-state index contributed by atoms with van der Waals surface area (Å²) in [7, 11) is 0. The third kappa shape index (κ3) is 2.33. The van der Waals surface area contributed by atoms with Crippen LogP contribution in [0.2, 0.25) is 0 Å². The van der Waals surface area contributed by atoms with E-state index >= 15 is 0 Å². The van der Waals surface area contributed by atoms with Crippen LogP contribution in [-0.2, 0) is 14.2 Å². The van der Waals surface area contributed by atoms with Gasteiger partial charge in [0.2, 0.25) is 0 Å². The van der Waals surface area contributed by atoms with E-state index in [0.29, 0.717) is 0 Å². The molecule has 1 spiro atoms. The van der Waals surface area contributed by atoms with Crippen molar-refractivity contribution in [2.45, 2.75) is 37.1 Å². The molecule has 4 rings (SSSR count). The Balaban J connectivity index is 1.54. The Morgan fingerprint density at radius 3 is 2.24 bits per heavy atom. The number of nitrogens with one attached hydrogen (secondary N) is 2. The van der Waals surface area contributed by atoms with Crippen LogP contribution in [0.1, 0.15) is 25.7 Å². The Kier molecular flexibility index (Phi) is 3.55. The molecule has 7 nitrogen and oxygen atoms in total. The number of hydrazine groups is 2. The second-order valence-electron chi connectivity index (χ2n) is 6.13. The molecule has 0 atom stereocenters. The minimum atomic E-state index is -0.327. The summed E-state index contributed by atoms with van der Waals surface area (Å²) in [5, 5.41) is 2.21. The summed E-state index contributed by atoms with van der Waals surface area (Å²) in [5.41, 5.74) is 6.30. The third-order valence-corrected chi connectivity index (χ3v) is 5.17. The number of nitrogens with zero attached hydrogens (tertiary/aromatic N) is 2. The maximum atomic E-state index is 5.89. The summed E-state index contributed by atoms with van der Waals surface area (Å²) in [6, 6.07) is 0. The van der Waals surface area contributed by atoms with Gasteiger partial charge in [0.1, 0.15) is 5.66 Å².